The van der Waals surface area contributed by atoms with Crippen molar-refractivity contribution in [1.29, 1.82) is 0 Å². The van der Waals surface area contributed by atoms with Gasteiger partial charge in [0.05, 0.1) is 16.6 Å². The van der Waals surface area contributed by atoms with Gasteiger partial charge in [-0.05, 0) is 27.6 Å². The summed E-state index contributed by atoms with van der Waals surface area (Å²) in [7, 11) is 0. The SMILES string of the molecule is O=C(O)c1cc2c(c(Br)c1F)OCC2. The number of hydrogen-bond acceptors (Lipinski definition) is 2. The number of ether oxygens (including phenoxy) is 1. The highest BCUT2D eigenvalue weighted by molar-refractivity contribution is 9.10. The summed E-state index contributed by atoms with van der Waals surface area (Å²) in [5.41, 5.74) is 0.414. The monoisotopic (exact) mass is 260 g/mol. The minimum Gasteiger partial charge on any atom is -0.492 e. The summed E-state index contributed by atoms with van der Waals surface area (Å²) in [4.78, 5) is 10.7. The second-order valence-corrected chi connectivity index (χ2v) is 3.74. The Morgan fingerprint density at radius 1 is 1.64 bits per heavy atom. The van der Waals surface area contributed by atoms with Crippen LogP contribution in [0.5, 0.6) is 5.75 Å². The molecule has 3 nitrogen and oxygen atoms in total. The van der Waals surface area contributed by atoms with E-state index in [0.29, 0.717) is 18.8 Å². The van der Waals surface area contributed by atoms with Crippen LogP contribution in [0.3, 0.4) is 0 Å². The van der Waals surface area contributed by atoms with Crippen LogP contribution in [0.4, 0.5) is 4.39 Å². The Kier molecular flexibility index (Phi) is 2.19. The largest absolute Gasteiger partial charge is 0.492 e. The maximum Gasteiger partial charge on any atom is 0.338 e. The first-order valence-corrected chi connectivity index (χ1v) is 4.77. The van der Waals surface area contributed by atoms with Crippen molar-refractivity contribution < 1.29 is 19.0 Å². The molecule has 0 unspecified atom stereocenters. The third kappa shape index (κ3) is 1.28. The molecule has 14 heavy (non-hydrogen) atoms. The van der Waals surface area contributed by atoms with Gasteiger partial charge in [0.1, 0.15) is 5.75 Å². The Balaban J connectivity index is 2.67. The summed E-state index contributed by atoms with van der Waals surface area (Å²) >= 11 is 2.99. The third-order valence-electron chi connectivity index (χ3n) is 2.09. The molecule has 0 fully saturated rings. The van der Waals surface area contributed by atoms with Gasteiger partial charge in [-0.3, -0.25) is 0 Å². The molecule has 0 radical (unpaired) electrons. The molecule has 0 aliphatic carbocycles. The second kappa shape index (κ2) is 3.24. The van der Waals surface area contributed by atoms with Crippen molar-refractivity contribution in [3.05, 3.63) is 27.5 Å². The van der Waals surface area contributed by atoms with E-state index in [9.17, 15) is 9.18 Å². The predicted octanol–water partition coefficient (Wildman–Crippen LogP) is 2.22. The lowest BCUT2D eigenvalue weighted by molar-refractivity contribution is 0.0691. The van der Waals surface area contributed by atoms with E-state index in [-0.39, 0.29) is 10.0 Å². The van der Waals surface area contributed by atoms with Crippen molar-refractivity contribution in [2.75, 3.05) is 6.61 Å². The van der Waals surface area contributed by atoms with Crippen LogP contribution in [-0.2, 0) is 6.42 Å². The fourth-order valence-electron chi connectivity index (χ4n) is 1.42. The normalized spacial score (nSPS) is 13.6. The standard InChI is InChI=1S/C9H6BrFO3/c10-6-7(11)5(9(12)13)3-4-1-2-14-8(4)6/h3H,1-2H2,(H,12,13). The molecule has 1 aromatic rings. The van der Waals surface area contributed by atoms with Crippen molar-refractivity contribution in [1.82, 2.24) is 0 Å². The first-order chi connectivity index (χ1) is 6.61. The maximum absolute atomic E-state index is 13.4. The molecule has 0 atom stereocenters. The van der Waals surface area contributed by atoms with Crippen LogP contribution in [-0.4, -0.2) is 17.7 Å². The summed E-state index contributed by atoms with van der Waals surface area (Å²) in [6.45, 7) is 0.469. The molecule has 1 heterocycles. The van der Waals surface area contributed by atoms with Crippen LogP contribution in [0.2, 0.25) is 0 Å². The number of hydrogen-bond donors (Lipinski definition) is 1. The van der Waals surface area contributed by atoms with E-state index in [4.69, 9.17) is 9.84 Å². The number of aromatic carboxylic acids is 1. The van der Waals surface area contributed by atoms with E-state index in [1.165, 1.54) is 6.07 Å². The first-order valence-electron chi connectivity index (χ1n) is 3.98. The molecule has 2 rings (SSSR count). The summed E-state index contributed by atoms with van der Waals surface area (Å²) in [5.74, 6) is -1.62. The molecule has 1 aromatic carbocycles. The van der Waals surface area contributed by atoms with E-state index in [1.54, 1.807) is 0 Å². The molecule has 5 heteroatoms. The van der Waals surface area contributed by atoms with Crippen LogP contribution in [0, 0.1) is 5.82 Å². The summed E-state index contributed by atoms with van der Waals surface area (Å²) in [6.07, 6.45) is 0.620. The molecule has 0 saturated carbocycles. The van der Waals surface area contributed by atoms with Gasteiger partial charge in [0, 0.05) is 6.42 Å². The molecule has 0 bridgehead atoms. The minimum absolute atomic E-state index is 0.102. The number of carboxylic acids is 1. The smallest absolute Gasteiger partial charge is 0.338 e. The summed E-state index contributed by atoms with van der Waals surface area (Å²) in [5, 5.41) is 8.72. The minimum atomic E-state index is -1.27. The van der Waals surface area contributed by atoms with Crippen LogP contribution in [0.1, 0.15) is 15.9 Å². The van der Waals surface area contributed by atoms with Crippen molar-refractivity contribution in [2.45, 2.75) is 6.42 Å². The summed E-state index contributed by atoms with van der Waals surface area (Å²) in [6, 6.07) is 1.32. The highest BCUT2D eigenvalue weighted by atomic mass is 79.9. The van der Waals surface area contributed by atoms with Crippen LogP contribution < -0.4 is 4.74 Å². The number of carbonyl (C=O) groups is 1. The molecule has 0 amide bonds. The fourth-order valence-corrected chi connectivity index (χ4v) is 2.01. The van der Waals surface area contributed by atoms with Gasteiger partial charge < -0.3 is 9.84 Å². The van der Waals surface area contributed by atoms with Crippen molar-refractivity contribution >= 4 is 21.9 Å². The van der Waals surface area contributed by atoms with Crippen LogP contribution in [0.25, 0.3) is 0 Å². The molecule has 1 N–H and O–H groups in total. The zero-order valence-electron chi connectivity index (χ0n) is 7.01. The lowest BCUT2D eigenvalue weighted by Crippen LogP contribution is -2.02. The van der Waals surface area contributed by atoms with E-state index in [0.717, 1.165) is 5.56 Å². The van der Waals surface area contributed by atoms with Gasteiger partial charge in [0.25, 0.3) is 0 Å². The Morgan fingerprint density at radius 3 is 3.00 bits per heavy atom. The summed E-state index contributed by atoms with van der Waals surface area (Å²) < 4.78 is 18.7. The zero-order chi connectivity index (χ0) is 10.3. The first kappa shape index (κ1) is 9.45. The quantitative estimate of drug-likeness (QED) is 0.843. The topological polar surface area (TPSA) is 46.5 Å². The number of carboxylic acid groups (broad SMARTS) is 1. The molecule has 1 aliphatic heterocycles. The number of halogens is 2. The molecule has 0 saturated heterocycles. The van der Waals surface area contributed by atoms with Crippen molar-refractivity contribution in [3.8, 4) is 5.75 Å². The van der Waals surface area contributed by atoms with Crippen molar-refractivity contribution in [3.63, 3.8) is 0 Å². The average molecular weight is 261 g/mol. The van der Waals surface area contributed by atoms with Crippen molar-refractivity contribution in [2.24, 2.45) is 0 Å². The number of benzene rings is 1. The molecule has 74 valence electrons. The molecule has 0 spiro atoms. The molecular weight excluding hydrogens is 255 g/mol. The van der Waals surface area contributed by atoms with Gasteiger partial charge in [-0.15, -0.1) is 0 Å². The van der Waals surface area contributed by atoms with Gasteiger partial charge in [0.2, 0.25) is 0 Å². The predicted molar refractivity (Wildman–Crippen MR) is 50.3 cm³/mol. The van der Waals surface area contributed by atoms with E-state index in [2.05, 4.69) is 15.9 Å². The molecule has 0 aromatic heterocycles. The van der Waals surface area contributed by atoms with Crippen LogP contribution >= 0.6 is 15.9 Å². The lowest BCUT2D eigenvalue weighted by atomic mass is 10.1. The van der Waals surface area contributed by atoms with Gasteiger partial charge in [0.15, 0.2) is 5.82 Å². The molecular formula is C9H6BrFO3. The van der Waals surface area contributed by atoms with E-state index in [1.807, 2.05) is 0 Å². The van der Waals surface area contributed by atoms with E-state index >= 15 is 0 Å². The lowest BCUT2D eigenvalue weighted by Gasteiger charge is -2.05. The van der Waals surface area contributed by atoms with Crippen LogP contribution in [0.15, 0.2) is 10.5 Å². The van der Waals surface area contributed by atoms with Gasteiger partial charge in [-0.25, -0.2) is 9.18 Å². The maximum atomic E-state index is 13.4. The average Bonchev–Trinajstić information content (AvgIpc) is 2.58. The van der Waals surface area contributed by atoms with Gasteiger partial charge in [-0.1, -0.05) is 0 Å². The van der Waals surface area contributed by atoms with Gasteiger partial charge >= 0.3 is 5.97 Å². The third-order valence-corrected chi connectivity index (χ3v) is 2.80. The zero-order valence-corrected chi connectivity index (χ0v) is 8.60. The Morgan fingerprint density at radius 2 is 2.36 bits per heavy atom. The van der Waals surface area contributed by atoms with Gasteiger partial charge in [-0.2, -0.15) is 0 Å². The Labute approximate surface area is 87.6 Å². The second-order valence-electron chi connectivity index (χ2n) is 2.94. The number of rotatable bonds is 1. The Hall–Kier alpha value is -1.10. The molecule has 1 aliphatic rings. The highest BCUT2D eigenvalue weighted by Gasteiger charge is 2.24. The van der Waals surface area contributed by atoms with E-state index < -0.39 is 11.8 Å². The Bertz CT molecular complexity index is 417. The highest BCUT2D eigenvalue weighted by Crippen LogP contribution is 2.37. The fraction of sp³-hybridized carbons (Fsp3) is 0.222. The number of fused-ring (bicyclic) bond motifs is 1.